The van der Waals surface area contributed by atoms with Gasteiger partial charge in [-0.2, -0.15) is 11.3 Å². The van der Waals surface area contributed by atoms with Crippen LogP contribution < -0.4 is 0 Å². The zero-order valence-electron chi connectivity index (χ0n) is 8.69. The second-order valence-electron chi connectivity index (χ2n) is 4.52. The maximum Gasteiger partial charge on any atom is 0.226 e. The van der Waals surface area contributed by atoms with Crippen molar-refractivity contribution >= 4 is 17.2 Å². The number of carbonyl (C=O) groups is 1. The fourth-order valence-electron chi connectivity index (χ4n) is 2.41. The van der Waals surface area contributed by atoms with Crippen LogP contribution in [-0.2, 0) is 4.79 Å². The van der Waals surface area contributed by atoms with Gasteiger partial charge in [-0.3, -0.25) is 4.79 Å². The molecule has 1 aliphatic heterocycles. The van der Waals surface area contributed by atoms with Crippen molar-refractivity contribution in [2.45, 2.75) is 31.7 Å². The number of likely N-dealkylation sites (tertiary alicyclic amines) is 1. The first kappa shape index (κ1) is 9.40. The second-order valence-corrected chi connectivity index (χ2v) is 5.30. The molecule has 2 nitrogen and oxygen atoms in total. The molecule has 0 N–H and O–H groups in total. The Morgan fingerprint density at radius 2 is 2.27 bits per heavy atom. The normalized spacial score (nSPS) is 25.9. The Kier molecular flexibility index (Phi) is 2.28. The minimum atomic E-state index is 0.365. The molecule has 0 radical (unpaired) electrons. The molecular weight excluding hydrogens is 206 g/mol. The Bertz CT molecular complexity index is 356. The zero-order valence-corrected chi connectivity index (χ0v) is 9.50. The van der Waals surface area contributed by atoms with E-state index in [-0.39, 0.29) is 0 Å². The monoisotopic (exact) mass is 221 g/mol. The van der Waals surface area contributed by atoms with Crippen LogP contribution in [0.25, 0.3) is 0 Å². The topological polar surface area (TPSA) is 20.3 Å². The summed E-state index contributed by atoms with van der Waals surface area (Å²) in [6.07, 6.45) is 4.55. The van der Waals surface area contributed by atoms with Crippen molar-refractivity contribution in [2.24, 2.45) is 5.92 Å². The summed E-state index contributed by atoms with van der Waals surface area (Å²) in [6, 6.07) is 2.54. The highest BCUT2D eigenvalue weighted by atomic mass is 32.1. The van der Waals surface area contributed by atoms with Gasteiger partial charge in [0.05, 0.1) is 6.04 Å². The Hall–Kier alpha value is -0.830. The number of rotatable bonds is 2. The van der Waals surface area contributed by atoms with Gasteiger partial charge in [0.1, 0.15) is 0 Å². The molecule has 0 bridgehead atoms. The quantitative estimate of drug-likeness (QED) is 0.752. The summed E-state index contributed by atoms with van der Waals surface area (Å²) in [4.78, 5) is 14.2. The van der Waals surface area contributed by atoms with Crippen molar-refractivity contribution in [1.29, 1.82) is 0 Å². The predicted octanol–water partition coefficient (Wildman–Crippen LogP) is 2.82. The smallest absolute Gasteiger partial charge is 0.226 e. The fourth-order valence-corrected chi connectivity index (χ4v) is 3.11. The van der Waals surface area contributed by atoms with Crippen molar-refractivity contribution in [3.63, 3.8) is 0 Å². The van der Waals surface area contributed by atoms with Gasteiger partial charge >= 0.3 is 0 Å². The first-order chi connectivity index (χ1) is 7.36. The number of hydrogen-bond acceptors (Lipinski definition) is 2. The lowest BCUT2D eigenvalue weighted by Crippen LogP contribution is -2.31. The van der Waals surface area contributed by atoms with Crippen LogP contribution >= 0.6 is 11.3 Å². The van der Waals surface area contributed by atoms with E-state index in [1.165, 1.54) is 12.0 Å². The molecule has 80 valence electrons. The van der Waals surface area contributed by atoms with Crippen molar-refractivity contribution in [3.8, 4) is 0 Å². The molecule has 0 unspecified atom stereocenters. The van der Waals surface area contributed by atoms with Gasteiger partial charge in [-0.25, -0.2) is 0 Å². The van der Waals surface area contributed by atoms with Crippen LogP contribution in [0.2, 0.25) is 0 Å². The third-order valence-corrected chi connectivity index (χ3v) is 4.09. The average molecular weight is 221 g/mol. The first-order valence-corrected chi connectivity index (χ1v) is 6.63. The number of carbonyl (C=O) groups excluding carboxylic acids is 1. The molecule has 3 heteroatoms. The van der Waals surface area contributed by atoms with Crippen LogP contribution in [0.3, 0.4) is 0 Å². The highest BCUT2D eigenvalue weighted by Gasteiger charge is 2.38. The van der Waals surface area contributed by atoms with E-state index in [0.29, 0.717) is 17.9 Å². The van der Waals surface area contributed by atoms with E-state index in [9.17, 15) is 4.79 Å². The van der Waals surface area contributed by atoms with Crippen LogP contribution in [0, 0.1) is 5.92 Å². The molecule has 1 aliphatic carbocycles. The van der Waals surface area contributed by atoms with E-state index >= 15 is 0 Å². The van der Waals surface area contributed by atoms with Gasteiger partial charge in [0.15, 0.2) is 0 Å². The van der Waals surface area contributed by atoms with E-state index in [0.717, 1.165) is 25.8 Å². The summed E-state index contributed by atoms with van der Waals surface area (Å²) >= 11 is 1.73. The molecule has 0 aromatic carbocycles. The summed E-state index contributed by atoms with van der Waals surface area (Å²) in [5.74, 6) is 0.771. The lowest BCUT2D eigenvalue weighted by Gasteiger charge is -2.24. The largest absolute Gasteiger partial charge is 0.335 e. The third kappa shape index (κ3) is 1.69. The number of thiophene rings is 1. The zero-order chi connectivity index (χ0) is 10.3. The maximum atomic E-state index is 12.0. The SMILES string of the molecule is O=C(C1CC1)N1CCC[C@H]1c1ccsc1. The van der Waals surface area contributed by atoms with Gasteiger partial charge < -0.3 is 4.90 Å². The van der Waals surface area contributed by atoms with Gasteiger partial charge in [-0.15, -0.1) is 0 Å². The molecule has 1 atom stereocenters. The van der Waals surface area contributed by atoms with Crippen LogP contribution in [0.5, 0.6) is 0 Å². The minimum Gasteiger partial charge on any atom is -0.335 e. The van der Waals surface area contributed by atoms with Crippen molar-refractivity contribution in [1.82, 2.24) is 4.90 Å². The summed E-state index contributed by atoms with van der Waals surface area (Å²) in [5.41, 5.74) is 1.34. The van der Waals surface area contributed by atoms with E-state index in [2.05, 4.69) is 21.7 Å². The second kappa shape index (κ2) is 3.63. The molecule has 2 heterocycles. The summed E-state index contributed by atoms with van der Waals surface area (Å²) < 4.78 is 0. The van der Waals surface area contributed by atoms with Crippen LogP contribution in [-0.4, -0.2) is 17.4 Å². The molecule has 1 amide bonds. The van der Waals surface area contributed by atoms with Gasteiger partial charge in [0, 0.05) is 12.5 Å². The van der Waals surface area contributed by atoms with E-state index in [1.807, 2.05) is 0 Å². The van der Waals surface area contributed by atoms with E-state index < -0.39 is 0 Å². The Labute approximate surface area is 93.9 Å². The van der Waals surface area contributed by atoms with Crippen molar-refractivity contribution in [3.05, 3.63) is 22.4 Å². The Morgan fingerprint density at radius 1 is 1.40 bits per heavy atom. The van der Waals surface area contributed by atoms with E-state index in [1.54, 1.807) is 11.3 Å². The first-order valence-electron chi connectivity index (χ1n) is 5.69. The Morgan fingerprint density at radius 3 is 2.93 bits per heavy atom. The highest BCUT2D eigenvalue weighted by Crippen LogP contribution is 2.39. The lowest BCUT2D eigenvalue weighted by atomic mass is 10.1. The molecule has 1 saturated heterocycles. The predicted molar refractivity (Wildman–Crippen MR) is 60.7 cm³/mol. The van der Waals surface area contributed by atoms with Gasteiger partial charge in [0.2, 0.25) is 5.91 Å². The van der Waals surface area contributed by atoms with Crippen LogP contribution in [0.15, 0.2) is 16.8 Å². The number of nitrogens with zero attached hydrogens (tertiary/aromatic N) is 1. The average Bonchev–Trinajstić information content (AvgIpc) is 2.80. The molecule has 1 aromatic rings. The molecule has 2 fully saturated rings. The number of hydrogen-bond donors (Lipinski definition) is 0. The maximum absolute atomic E-state index is 12.0. The van der Waals surface area contributed by atoms with Gasteiger partial charge in [0.25, 0.3) is 0 Å². The van der Waals surface area contributed by atoms with Crippen LogP contribution in [0.4, 0.5) is 0 Å². The lowest BCUT2D eigenvalue weighted by molar-refractivity contribution is -0.133. The minimum absolute atomic E-state index is 0.365. The van der Waals surface area contributed by atoms with Gasteiger partial charge in [-0.05, 0) is 48.1 Å². The molecule has 3 rings (SSSR count). The molecular formula is C12H15NOS. The number of amides is 1. The molecule has 15 heavy (non-hydrogen) atoms. The molecule has 1 aromatic heterocycles. The third-order valence-electron chi connectivity index (χ3n) is 3.39. The summed E-state index contributed by atoms with van der Waals surface area (Å²) in [6.45, 7) is 0.968. The standard InChI is InChI=1S/C12H15NOS/c14-12(9-3-4-9)13-6-1-2-11(13)10-5-7-15-8-10/h5,7-9,11H,1-4,6H2/t11-/m0/s1. The van der Waals surface area contributed by atoms with Gasteiger partial charge in [-0.1, -0.05) is 0 Å². The summed E-state index contributed by atoms with van der Waals surface area (Å²) in [7, 11) is 0. The van der Waals surface area contributed by atoms with Crippen molar-refractivity contribution < 1.29 is 4.79 Å². The molecule has 1 saturated carbocycles. The summed E-state index contributed by atoms with van der Waals surface area (Å²) in [5, 5.41) is 4.29. The molecule has 2 aliphatic rings. The van der Waals surface area contributed by atoms with Crippen LogP contribution in [0.1, 0.15) is 37.3 Å². The van der Waals surface area contributed by atoms with Crippen molar-refractivity contribution in [2.75, 3.05) is 6.54 Å². The van der Waals surface area contributed by atoms with E-state index in [4.69, 9.17) is 0 Å². The molecule has 0 spiro atoms. The fraction of sp³-hybridized carbons (Fsp3) is 0.583. The highest BCUT2D eigenvalue weighted by molar-refractivity contribution is 7.07. The Balaban J connectivity index is 1.79.